The summed E-state index contributed by atoms with van der Waals surface area (Å²) in [4.78, 5) is 11.5. The Morgan fingerprint density at radius 3 is 2.53 bits per heavy atom. The highest BCUT2D eigenvalue weighted by Gasteiger charge is 2.20. The summed E-state index contributed by atoms with van der Waals surface area (Å²) < 4.78 is 0. The molecule has 0 aromatic carbocycles. The fraction of sp³-hybridized carbons (Fsp3) is 0.923. The van der Waals surface area contributed by atoms with Crippen molar-refractivity contribution >= 4 is 6.03 Å². The van der Waals surface area contributed by atoms with Crippen LogP contribution in [0.1, 0.15) is 52.4 Å². The van der Waals surface area contributed by atoms with Gasteiger partial charge < -0.3 is 15.7 Å². The van der Waals surface area contributed by atoms with Gasteiger partial charge in [0.25, 0.3) is 0 Å². The predicted molar refractivity (Wildman–Crippen MR) is 68.9 cm³/mol. The quantitative estimate of drug-likeness (QED) is 0.690. The third-order valence-corrected chi connectivity index (χ3v) is 3.61. The summed E-state index contributed by atoms with van der Waals surface area (Å²) in [6.45, 7) is 4.50. The molecule has 0 spiro atoms. The van der Waals surface area contributed by atoms with Crippen molar-refractivity contribution in [2.45, 2.75) is 64.5 Å². The van der Waals surface area contributed by atoms with E-state index in [1.165, 1.54) is 19.3 Å². The minimum atomic E-state index is -0.352. The number of urea groups is 1. The van der Waals surface area contributed by atoms with E-state index in [-0.39, 0.29) is 12.1 Å². The standard InChI is InChI=1S/C13H26N2O2/c1-3-11-4-6-12(7-5-11)15-13(17)14-9-8-10(2)16/h10-12,16H,3-9H2,1-2H3,(H2,14,15,17). The zero-order chi connectivity index (χ0) is 12.7. The Kier molecular flexibility index (Phi) is 6.34. The summed E-state index contributed by atoms with van der Waals surface area (Å²) in [5, 5.41) is 14.9. The van der Waals surface area contributed by atoms with E-state index in [1.54, 1.807) is 6.92 Å². The third-order valence-electron chi connectivity index (χ3n) is 3.61. The molecule has 0 aliphatic heterocycles. The fourth-order valence-corrected chi connectivity index (χ4v) is 2.35. The average molecular weight is 242 g/mol. The van der Waals surface area contributed by atoms with Crippen LogP contribution in [0.5, 0.6) is 0 Å². The van der Waals surface area contributed by atoms with Gasteiger partial charge in [0.1, 0.15) is 0 Å². The molecule has 1 fully saturated rings. The Bertz CT molecular complexity index is 223. The summed E-state index contributed by atoms with van der Waals surface area (Å²) in [6, 6.07) is 0.245. The Hall–Kier alpha value is -0.770. The minimum Gasteiger partial charge on any atom is -0.393 e. The molecule has 100 valence electrons. The molecule has 0 aromatic rings. The number of hydrogen-bond acceptors (Lipinski definition) is 2. The molecule has 0 heterocycles. The van der Waals surface area contributed by atoms with Crippen LogP contribution in [0, 0.1) is 5.92 Å². The van der Waals surface area contributed by atoms with Gasteiger partial charge in [-0.05, 0) is 44.9 Å². The molecule has 0 saturated heterocycles. The highest BCUT2D eigenvalue weighted by molar-refractivity contribution is 5.74. The van der Waals surface area contributed by atoms with E-state index in [0.717, 1.165) is 18.8 Å². The first kappa shape index (κ1) is 14.3. The van der Waals surface area contributed by atoms with Crippen molar-refractivity contribution in [1.82, 2.24) is 10.6 Å². The number of aliphatic hydroxyl groups excluding tert-OH is 1. The maximum Gasteiger partial charge on any atom is 0.315 e. The number of carbonyl (C=O) groups excluding carboxylic acids is 1. The molecule has 0 bridgehead atoms. The van der Waals surface area contributed by atoms with Crippen molar-refractivity contribution in [3.05, 3.63) is 0 Å². The van der Waals surface area contributed by atoms with Gasteiger partial charge in [-0.3, -0.25) is 0 Å². The van der Waals surface area contributed by atoms with Crippen molar-refractivity contribution in [2.75, 3.05) is 6.54 Å². The number of nitrogens with one attached hydrogen (secondary N) is 2. The molecular formula is C13H26N2O2. The summed E-state index contributed by atoms with van der Waals surface area (Å²) >= 11 is 0. The van der Waals surface area contributed by atoms with Gasteiger partial charge in [0.05, 0.1) is 6.10 Å². The first-order chi connectivity index (χ1) is 8.11. The monoisotopic (exact) mass is 242 g/mol. The maximum absolute atomic E-state index is 11.5. The number of amides is 2. The molecule has 4 nitrogen and oxygen atoms in total. The molecule has 1 unspecified atom stereocenters. The Balaban J connectivity index is 2.10. The molecule has 3 N–H and O–H groups in total. The van der Waals surface area contributed by atoms with Crippen LogP contribution in [0.2, 0.25) is 0 Å². The minimum absolute atomic E-state index is 0.0920. The number of rotatable bonds is 5. The molecule has 4 heteroatoms. The van der Waals surface area contributed by atoms with Gasteiger partial charge in [-0.1, -0.05) is 13.3 Å². The molecule has 1 saturated carbocycles. The topological polar surface area (TPSA) is 61.4 Å². The van der Waals surface area contributed by atoms with E-state index in [2.05, 4.69) is 17.6 Å². The van der Waals surface area contributed by atoms with Crippen LogP contribution in [0.3, 0.4) is 0 Å². The summed E-state index contributed by atoms with van der Waals surface area (Å²) in [7, 11) is 0. The van der Waals surface area contributed by atoms with Crippen molar-refractivity contribution < 1.29 is 9.90 Å². The van der Waals surface area contributed by atoms with E-state index < -0.39 is 0 Å². The lowest BCUT2D eigenvalue weighted by Crippen LogP contribution is -2.44. The molecule has 17 heavy (non-hydrogen) atoms. The van der Waals surface area contributed by atoms with Gasteiger partial charge in [0.15, 0.2) is 0 Å². The highest BCUT2D eigenvalue weighted by Crippen LogP contribution is 2.26. The second-order valence-electron chi connectivity index (χ2n) is 5.16. The molecule has 2 amide bonds. The number of aliphatic hydroxyl groups is 1. The number of hydrogen-bond donors (Lipinski definition) is 3. The Morgan fingerprint density at radius 1 is 1.35 bits per heavy atom. The predicted octanol–water partition coefficient (Wildman–Crippen LogP) is 2.03. The van der Waals surface area contributed by atoms with E-state index in [4.69, 9.17) is 5.11 Å². The van der Waals surface area contributed by atoms with Gasteiger partial charge in [0, 0.05) is 12.6 Å². The summed E-state index contributed by atoms with van der Waals surface area (Å²) in [5.74, 6) is 0.853. The number of carbonyl (C=O) groups is 1. The van der Waals surface area contributed by atoms with E-state index in [0.29, 0.717) is 19.0 Å². The van der Waals surface area contributed by atoms with Crippen LogP contribution in [0.4, 0.5) is 4.79 Å². The molecule has 1 atom stereocenters. The highest BCUT2D eigenvalue weighted by atomic mass is 16.3. The second kappa shape index (κ2) is 7.54. The first-order valence-electron chi connectivity index (χ1n) is 6.84. The van der Waals surface area contributed by atoms with Crippen molar-refractivity contribution in [2.24, 2.45) is 5.92 Å². The second-order valence-corrected chi connectivity index (χ2v) is 5.16. The zero-order valence-corrected chi connectivity index (χ0v) is 11.0. The van der Waals surface area contributed by atoms with E-state index in [1.807, 2.05) is 0 Å². The van der Waals surface area contributed by atoms with Crippen LogP contribution in [-0.4, -0.2) is 29.8 Å². The van der Waals surface area contributed by atoms with E-state index in [9.17, 15) is 4.79 Å². The largest absolute Gasteiger partial charge is 0.393 e. The zero-order valence-electron chi connectivity index (χ0n) is 11.0. The molecular weight excluding hydrogens is 216 g/mol. The van der Waals surface area contributed by atoms with Crippen molar-refractivity contribution in [3.63, 3.8) is 0 Å². The lowest BCUT2D eigenvalue weighted by Gasteiger charge is -2.28. The van der Waals surface area contributed by atoms with Gasteiger partial charge in [-0.2, -0.15) is 0 Å². The lowest BCUT2D eigenvalue weighted by molar-refractivity contribution is 0.182. The summed E-state index contributed by atoms with van der Waals surface area (Å²) in [5.41, 5.74) is 0. The normalized spacial score (nSPS) is 26.3. The van der Waals surface area contributed by atoms with Crippen LogP contribution >= 0.6 is 0 Å². The van der Waals surface area contributed by atoms with Crippen LogP contribution in [-0.2, 0) is 0 Å². The molecule has 1 aliphatic carbocycles. The molecule has 0 aromatic heterocycles. The average Bonchev–Trinajstić information content (AvgIpc) is 2.29. The van der Waals surface area contributed by atoms with Crippen molar-refractivity contribution in [1.29, 1.82) is 0 Å². The van der Waals surface area contributed by atoms with E-state index >= 15 is 0 Å². The molecule has 0 radical (unpaired) electrons. The van der Waals surface area contributed by atoms with Gasteiger partial charge in [-0.15, -0.1) is 0 Å². The maximum atomic E-state index is 11.5. The van der Waals surface area contributed by atoms with Crippen molar-refractivity contribution in [3.8, 4) is 0 Å². The summed E-state index contributed by atoms with van der Waals surface area (Å²) in [6.07, 6.45) is 6.17. The fourth-order valence-electron chi connectivity index (χ4n) is 2.35. The molecule has 1 rings (SSSR count). The van der Waals surface area contributed by atoms with Crippen LogP contribution in [0.25, 0.3) is 0 Å². The first-order valence-corrected chi connectivity index (χ1v) is 6.84. The van der Waals surface area contributed by atoms with Gasteiger partial charge in [-0.25, -0.2) is 4.79 Å². The molecule has 1 aliphatic rings. The van der Waals surface area contributed by atoms with Gasteiger partial charge in [0.2, 0.25) is 0 Å². The third kappa shape index (κ3) is 5.91. The van der Waals surface area contributed by atoms with Crippen LogP contribution < -0.4 is 10.6 Å². The van der Waals surface area contributed by atoms with Gasteiger partial charge >= 0.3 is 6.03 Å². The smallest absolute Gasteiger partial charge is 0.315 e. The Morgan fingerprint density at radius 2 is 2.00 bits per heavy atom. The SMILES string of the molecule is CCC1CCC(NC(=O)NCCC(C)O)CC1. The lowest BCUT2D eigenvalue weighted by atomic mass is 9.85. The van der Waals surface area contributed by atoms with Crippen LogP contribution in [0.15, 0.2) is 0 Å². The Labute approximate surface area is 104 Å².